The van der Waals surface area contributed by atoms with Crippen LogP contribution >= 0.6 is 0 Å². The molecule has 0 heterocycles. The Morgan fingerprint density at radius 2 is 2.11 bits per heavy atom. The first-order valence-corrected chi connectivity index (χ1v) is 7.30. The highest BCUT2D eigenvalue weighted by Gasteiger charge is 2.23. The maximum atomic E-state index is 11.7. The number of carboxylic acid groups (broad SMARTS) is 1. The maximum absolute atomic E-state index is 11.7. The third-order valence-electron chi connectivity index (χ3n) is 3.80. The zero-order valence-electron chi connectivity index (χ0n) is 11.9. The van der Waals surface area contributed by atoms with E-state index in [1.54, 1.807) is 0 Å². The van der Waals surface area contributed by atoms with E-state index >= 15 is 0 Å². The molecule has 1 rings (SSSR count). The molecule has 0 aromatic carbocycles. The van der Waals surface area contributed by atoms with Gasteiger partial charge >= 0.3 is 12.0 Å². The molecule has 3 atom stereocenters. The van der Waals surface area contributed by atoms with E-state index in [0.717, 1.165) is 31.6 Å². The van der Waals surface area contributed by atoms with E-state index in [9.17, 15) is 9.59 Å². The van der Waals surface area contributed by atoms with Crippen LogP contribution in [-0.2, 0) is 4.79 Å². The smallest absolute Gasteiger partial charge is 0.326 e. The molecule has 5 nitrogen and oxygen atoms in total. The highest BCUT2D eigenvalue weighted by Crippen LogP contribution is 2.29. The maximum Gasteiger partial charge on any atom is 0.326 e. The molecule has 1 aliphatic carbocycles. The molecule has 0 aliphatic heterocycles. The first-order valence-electron chi connectivity index (χ1n) is 7.30. The van der Waals surface area contributed by atoms with Crippen molar-refractivity contribution in [1.29, 1.82) is 0 Å². The number of unbranched alkanes of at least 4 members (excludes halogenated alkanes) is 1. The lowest BCUT2D eigenvalue weighted by molar-refractivity contribution is -0.139. The van der Waals surface area contributed by atoms with Gasteiger partial charge in [-0.2, -0.15) is 0 Å². The van der Waals surface area contributed by atoms with Crippen LogP contribution in [0, 0.1) is 11.8 Å². The Bertz CT molecular complexity index is 307. The van der Waals surface area contributed by atoms with Gasteiger partial charge in [0.05, 0.1) is 0 Å². The highest BCUT2D eigenvalue weighted by atomic mass is 16.4. The molecule has 1 aliphatic rings. The normalized spacial score (nSPS) is 23.9. The monoisotopic (exact) mass is 270 g/mol. The molecule has 0 saturated heterocycles. The van der Waals surface area contributed by atoms with Gasteiger partial charge in [-0.1, -0.05) is 33.1 Å². The number of hydrogen-bond acceptors (Lipinski definition) is 2. The minimum absolute atomic E-state index is 0.358. The number of urea groups is 1. The Balaban J connectivity index is 2.26. The average molecular weight is 270 g/mol. The molecule has 0 aromatic heterocycles. The first kappa shape index (κ1) is 15.8. The Hall–Kier alpha value is -1.26. The summed E-state index contributed by atoms with van der Waals surface area (Å²) in [7, 11) is 0. The van der Waals surface area contributed by atoms with Crippen LogP contribution in [0.25, 0.3) is 0 Å². The second kappa shape index (κ2) is 8.02. The van der Waals surface area contributed by atoms with E-state index < -0.39 is 12.0 Å². The Morgan fingerprint density at radius 1 is 1.37 bits per heavy atom. The van der Waals surface area contributed by atoms with Crippen LogP contribution in [0.4, 0.5) is 4.79 Å². The molecule has 0 radical (unpaired) electrons. The van der Waals surface area contributed by atoms with Crippen LogP contribution in [0.3, 0.4) is 0 Å². The van der Waals surface area contributed by atoms with E-state index in [1.165, 1.54) is 6.42 Å². The SMILES string of the molecule is CCCC[C@H](NC(=O)NCC1CCC(C)C1)C(=O)O. The third kappa shape index (κ3) is 5.94. The fourth-order valence-corrected chi connectivity index (χ4v) is 2.62. The average Bonchev–Trinajstić information content (AvgIpc) is 2.77. The number of carbonyl (C=O) groups excluding carboxylic acids is 1. The molecule has 1 fully saturated rings. The number of carboxylic acids is 1. The van der Waals surface area contributed by atoms with Crippen molar-refractivity contribution >= 4 is 12.0 Å². The van der Waals surface area contributed by atoms with Crippen molar-refractivity contribution in [2.45, 2.75) is 58.4 Å². The summed E-state index contributed by atoms with van der Waals surface area (Å²) >= 11 is 0. The van der Waals surface area contributed by atoms with E-state index in [-0.39, 0.29) is 6.03 Å². The Morgan fingerprint density at radius 3 is 2.63 bits per heavy atom. The quantitative estimate of drug-likeness (QED) is 0.664. The fourth-order valence-electron chi connectivity index (χ4n) is 2.62. The second-order valence-corrected chi connectivity index (χ2v) is 5.67. The zero-order valence-corrected chi connectivity index (χ0v) is 11.9. The van der Waals surface area contributed by atoms with Gasteiger partial charge < -0.3 is 15.7 Å². The van der Waals surface area contributed by atoms with Crippen LogP contribution in [0.15, 0.2) is 0 Å². The van der Waals surface area contributed by atoms with E-state index in [2.05, 4.69) is 17.6 Å². The second-order valence-electron chi connectivity index (χ2n) is 5.67. The van der Waals surface area contributed by atoms with Crippen molar-refractivity contribution in [3.8, 4) is 0 Å². The predicted molar refractivity (Wildman–Crippen MR) is 74.0 cm³/mol. The molecule has 2 amide bonds. The van der Waals surface area contributed by atoms with Crippen LogP contribution in [0.5, 0.6) is 0 Å². The van der Waals surface area contributed by atoms with Crippen LogP contribution in [0.2, 0.25) is 0 Å². The van der Waals surface area contributed by atoms with Gasteiger partial charge in [-0.15, -0.1) is 0 Å². The lowest BCUT2D eigenvalue weighted by Crippen LogP contribution is -2.46. The van der Waals surface area contributed by atoms with Crippen molar-refractivity contribution in [2.24, 2.45) is 11.8 Å². The topological polar surface area (TPSA) is 78.4 Å². The summed E-state index contributed by atoms with van der Waals surface area (Å²) in [6.07, 6.45) is 5.74. The Labute approximate surface area is 115 Å². The van der Waals surface area contributed by atoms with Gasteiger partial charge in [-0.05, 0) is 31.1 Å². The number of hydrogen-bond donors (Lipinski definition) is 3. The van der Waals surface area contributed by atoms with E-state index in [1.807, 2.05) is 6.92 Å². The minimum Gasteiger partial charge on any atom is -0.480 e. The van der Waals surface area contributed by atoms with Crippen LogP contribution in [-0.4, -0.2) is 29.7 Å². The van der Waals surface area contributed by atoms with Gasteiger partial charge in [0.1, 0.15) is 6.04 Å². The molecule has 19 heavy (non-hydrogen) atoms. The predicted octanol–water partition coefficient (Wildman–Crippen LogP) is 2.37. The summed E-state index contributed by atoms with van der Waals surface area (Å²) < 4.78 is 0. The van der Waals surface area contributed by atoms with Gasteiger partial charge in [0.2, 0.25) is 0 Å². The number of rotatable bonds is 7. The molecule has 110 valence electrons. The summed E-state index contributed by atoms with van der Waals surface area (Å²) in [5.74, 6) is 0.323. The van der Waals surface area contributed by atoms with Crippen LogP contribution < -0.4 is 10.6 Å². The number of amides is 2. The summed E-state index contributed by atoms with van der Waals surface area (Å²) in [5, 5.41) is 14.4. The largest absolute Gasteiger partial charge is 0.480 e. The summed E-state index contributed by atoms with van der Waals surface area (Å²) in [6, 6.07) is -1.13. The van der Waals surface area contributed by atoms with Gasteiger partial charge in [-0.25, -0.2) is 9.59 Å². The third-order valence-corrected chi connectivity index (χ3v) is 3.80. The Kier molecular flexibility index (Phi) is 6.67. The summed E-state index contributed by atoms with van der Waals surface area (Å²) in [4.78, 5) is 22.7. The first-order chi connectivity index (χ1) is 9.02. The molecular weight excluding hydrogens is 244 g/mol. The standard InChI is InChI=1S/C14H26N2O3/c1-3-4-5-12(13(17)18)16-14(19)15-9-11-7-6-10(2)8-11/h10-12H,3-9H2,1-2H3,(H,17,18)(H2,15,16,19)/t10?,11?,12-/m0/s1. The molecule has 0 aromatic rings. The number of carbonyl (C=O) groups is 2. The van der Waals surface area contributed by atoms with Crippen molar-refractivity contribution in [3.05, 3.63) is 0 Å². The highest BCUT2D eigenvalue weighted by molar-refractivity contribution is 5.82. The summed E-state index contributed by atoms with van der Waals surface area (Å²) in [6.45, 7) is 4.88. The number of aliphatic carboxylic acids is 1. The van der Waals surface area contributed by atoms with Crippen LogP contribution in [0.1, 0.15) is 52.4 Å². The van der Waals surface area contributed by atoms with Gasteiger partial charge in [-0.3, -0.25) is 0 Å². The number of nitrogens with one attached hydrogen (secondary N) is 2. The van der Waals surface area contributed by atoms with Gasteiger partial charge in [0.15, 0.2) is 0 Å². The van der Waals surface area contributed by atoms with Crippen molar-refractivity contribution in [3.63, 3.8) is 0 Å². The lowest BCUT2D eigenvalue weighted by Gasteiger charge is -2.16. The molecular formula is C14H26N2O3. The van der Waals surface area contributed by atoms with E-state index in [4.69, 9.17) is 5.11 Å². The molecule has 5 heteroatoms. The van der Waals surface area contributed by atoms with Gasteiger partial charge in [0.25, 0.3) is 0 Å². The zero-order chi connectivity index (χ0) is 14.3. The van der Waals surface area contributed by atoms with Crippen molar-refractivity contribution in [1.82, 2.24) is 10.6 Å². The van der Waals surface area contributed by atoms with Crippen molar-refractivity contribution < 1.29 is 14.7 Å². The lowest BCUT2D eigenvalue weighted by atomic mass is 10.1. The molecule has 1 saturated carbocycles. The molecule has 3 N–H and O–H groups in total. The van der Waals surface area contributed by atoms with Gasteiger partial charge in [0, 0.05) is 6.54 Å². The van der Waals surface area contributed by atoms with E-state index in [0.29, 0.717) is 18.9 Å². The molecule has 0 spiro atoms. The fraction of sp³-hybridized carbons (Fsp3) is 0.857. The summed E-state index contributed by atoms with van der Waals surface area (Å²) in [5.41, 5.74) is 0. The molecule has 0 bridgehead atoms. The van der Waals surface area contributed by atoms with Crippen molar-refractivity contribution in [2.75, 3.05) is 6.54 Å². The minimum atomic E-state index is -0.960. The molecule has 2 unspecified atom stereocenters.